The van der Waals surface area contributed by atoms with Crippen molar-refractivity contribution in [3.05, 3.63) is 28.6 Å². The second-order valence-corrected chi connectivity index (χ2v) is 18.4. The molecule has 314 valence electrons. The van der Waals surface area contributed by atoms with Gasteiger partial charge >= 0.3 is 12.1 Å². The van der Waals surface area contributed by atoms with Crippen molar-refractivity contribution in [3.63, 3.8) is 0 Å². The number of alkyl carbamates (subject to hydrolysis) is 1. The predicted octanol–water partition coefficient (Wildman–Crippen LogP) is 6.74. The number of alkyl halides is 2. The van der Waals surface area contributed by atoms with Crippen molar-refractivity contribution in [2.24, 2.45) is 23.2 Å². The number of carbonyl (C=O) groups is 4. The number of hydrogen-bond acceptors (Lipinski definition) is 11. The highest BCUT2D eigenvalue weighted by Crippen LogP contribution is 2.64. The van der Waals surface area contributed by atoms with Crippen LogP contribution in [0.25, 0.3) is 22.3 Å². The van der Waals surface area contributed by atoms with Gasteiger partial charge in [0, 0.05) is 41.1 Å². The maximum atomic E-state index is 14.7. The summed E-state index contributed by atoms with van der Waals surface area (Å²) in [6, 6.07) is 2.88. The Morgan fingerprint density at radius 1 is 1.07 bits per heavy atom. The highest BCUT2D eigenvalue weighted by Gasteiger charge is 2.72. The lowest BCUT2D eigenvalue weighted by atomic mass is 9.85. The second kappa shape index (κ2) is 15.3. The van der Waals surface area contributed by atoms with Gasteiger partial charge in [-0.3, -0.25) is 9.59 Å². The van der Waals surface area contributed by atoms with E-state index >= 15 is 0 Å². The number of hydrogen-bond donors (Lipinski definition) is 4. The molecule has 3 saturated carbocycles. The molecule has 3 aromatic rings. The van der Waals surface area contributed by atoms with Crippen LogP contribution in [0.4, 0.5) is 18.7 Å². The van der Waals surface area contributed by atoms with E-state index in [4.69, 9.17) is 35.8 Å². The molecule has 1 unspecified atom stereocenters. The van der Waals surface area contributed by atoms with Crippen molar-refractivity contribution in [1.29, 1.82) is 0 Å². The Labute approximate surface area is 343 Å². The maximum Gasteiger partial charge on any atom is 0.408 e. The maximum absolute atomic E-state index is 14.7. The van der Waals surface area contributed by atoms with E-state index in [0.29, 0.717) is 45.3 Å². The Morgan fingerprint density at radius 3 is 2.38 bits per heavy atom. The van der Waals surface area contributed by atoms with E-state index in [-0.39, 0.29) is 49.2 Å². The minimum absolute atomic E-state index is 0.0212. The first-order valence-electron chi connectivity index (χ1n) is 19.5. The van der Waals surface area contributed by atoms with Gasteiger partial charge in [0.05, 0.1) is 24.9 Å². The molecule has 0 bridgehead atoms. The van der Waals surface area contributed by atoms with Crippen LogP contribution in [0.15, 0.2) is 23.6 Å². The Bertz CT molecular complexity index is 2120. The molecule has 0 spiro atoms. The topological polar surface area (TPSA) is 181 Å². The predicted molar refractivity (Wildman–Crippen MR) is 212 cm³/mol. The van der Waals surface area contributed by atoms with Crippen LogP contribution in [-0.4, -0.2) is 99.3 Å². The highest BCUT2D eigenvalue weighted by molar-refractivity contribution is 7.14. The standard InChI is InChI=1S/C40H49ClF2N6O8S/c1-8-19-15-39(19,35(52)53)48-33(50)27-13-21(16-49(27)34(51)32(38(4,5)6)47-37(54)57-20-11-23-24(12-20)40(23,42)43)56-29-14-25(26-17-58-36(46-26)44-18(2)3)45-31-22(29)9-10-28(55-7)30(31)41/h9-10,14,17-21,23-24,27,32H,8,11-13,15-16H2,1-7H3,(H,44,46)(H,47,54)(H,48,50)(H,52,53)/t19-,20-,21-,23+,24-,27+,32?,39-/m1/s1. The second-order valence-electron chi connectivity index (χ2n) is 17.2. The van der Waals surface area contributed by atoms with Crippen LogP contribution in [0, 0.1) is 23.2 Å². The number of benzene rings is 1. The van der Waals surface area contributed by atoms with Gasteiger partial charge in [0.15, 0.2) is 5.13 Å². The molecular weight excluding hydrogens is 798 g/mol. The van der Waals surface area contributed by atoms with Gasteiger partial charge in [0.2, 0.25) is 11.8 Å². The van der Waals surface area contributed by atoms with Crippen molar-refractivity contribution in [2.45, 2.75) is 115 Å². The number of nitrogens with one attached hydrogen (secondary N) is 3. The quantitative estimate of drug-likeness (QED) is 0.143. The number of carboxylic acids is 1. The number of carboxylic acid groups (broad SMARTS) is 1. The Kier molecular flexibility index (Phi) is 11.0. The van der Waals surface area contributed by atoms with Gasteiger partial charge in [-0.15, -0.1) is 11.3 Å². The highest BCUT2D eigenvalue weighted by atomic mass is 35.5. The van der Waals surface area contributed by atoms with E-state index in [9.17, 15) is 33.1 Å². The average molecular weight is 847 g/mol. The number of aromatic nitrogens is 2. The summed E-state index contributed by atoms with van der Waals surface area (Å²) in [5.41, 5.74) is -0.987. The molecule has 14 nitrogen and oxygen atoms in total. The summed E-state index contributed by atoms with van der Waals surface area (Å²) in [6.07, 6.45) is -1.59. The van der Waals surface area contributed by atoms with Crippen molar-refractivity contribution in [2.75, 3.05) is 19.0 Å². The third-order valence-electron chi connectivity index (χ3n) is 11.8. The number of likely N-dealkylation sites (tertiary alicyclic amines) is 1. The lowest BCUT2D eigenvalue weighted by Crippen LogP contribution is -2.59. The van der Waals surface area contributed by atoms with Gasteiger partial charge in [-0.2, -0.15) is 0 Å². The zero-order valence-electron chi connectivity index (χ0n) is 33.4. The van der Waals surface area contributed by atoms with Crippen molar-refractivity contribution < 1.29 is 47.3 Å². The molecule has 4 aliphatic rings. The molecule has 18 heteroatoms. The van der Waals surface area contributed by atoms with Gasteiger partial charge < -0.3 is 40.2 Å². The van der Waals surface area contributed by atoms with Crippen LogP contribution in [0.5, 0.6) is 11.5 Å². The fourth-order valence-corrected chi connectivity index (χ4v) is 9.56. The molecule has 3 amide bonds. The number of carbonyl (C=O) groups excluding carboxylic acids is 3. The lowest BCUT2D eigenvalue weighted by Gasteiger charge is -2.35. The number of ether oxygens (including phenoxy) is 3. The van der Waals surface area contributed by atoms with Gasteiger partial charge in [-0.05, 0) is 56.6 Å². The molecule has 1 saturated heterocycles. The van der Waals surface area contributed by atoms with Gasteiger partial charge in [-0.1, -0.05) is 45.7 Å². The van der Waals surface area contributed by atoms with E-state index in [0.717, 1.165) is 0 Å². The number of thiazole rings is 1. The van der Waals surface area contributed by atoms with Crippen LogP contribution >= 0.6 is 22.9 Å². The van der Waals surface area contributed by atoms with E-state index in [1.165, 1.54) is 23.3 Å². The SMILES string of the molecule is CC[C@@H]1C[C@]1(NC(=O)[C@@H]1C[C@@H](Oc2cc(-c3csc(NC(C)C)n3)nc3c(Cl)c(OC)ccc23)CN1C(=O)C(NC(=O)O[C@H]1C[C@@H]2[C@H](C1)C2(F)F)C(C)(C)C)C(=O)O. The average Bonchev–Trinajstić information content (AvgIpc) is 3.58. The Balaban J connectivity index is 1.19. The molecule has 3 heterocycles. The summed E-state index contributed by atoms with van der Waals surface area (Å²) < 4.78 is 45.3. The van der Waals surface area contributed by atoms with Crippen molar-refractivity contribution in [1.82, 2.24) is 25.5 Å². The summed E-state index contributed by atoms with van der Waals surface area (Å²) >= 11 is 8.21. The monoisotopic (exact) mass is 846 g/mol. The molecule has 4 N–H and O–H groups in total. The molecule has 3 aliphatic carbocycles. The molecule has 7 rings (SSSR count). The van der Waals surface area contributed by atoms with E-state index in [2.05, 4.69) is 16.0 Å². The van der Waals surface area contributed by atoms with E-state index in [1.54, 1.807) is 39.0 Å². The Hall–Kier alpha value is -4.51. The molecular formula is C40H49ClF2N6O8S. The summed E-state index contributed by atoms with van der Waals surface area (Å²) in [7, 11) is 1.49. The first-order chi connectivity index (χ1) is 27.3. The number of methoxy groups -OCH3 is 1. The fraction of sp³-hybridized carbons (Fsp3) is 0.600. The zero-order chi connectivity index (χ0) is 42.1. The summed E-state index contributed by atoms with van der Waals surface area (Å²) in [4.78, 5) is 65.3. The number of pyridine rings is 1. The Morgan fingerprint density at radius 2 is 1.78 bits per heavy atom. The van der Waals surface area contributed by atoms with Crippen LogP contribution in [0.3, 0.4) is 0 Å². The van der Waals surface area contributed by atoms with Gasteiger partial charge in [0.1, 0.15) is 52.0 Å². The number of rotatable bonds is 13. The molecule has 0 radical (unpaired) electrons. The van der Waals surface area contributed by atoms with E-state index < -0.39 is 76.9 Å². The molecule has 2 aromatic heterocycles. The van der Waals surface area contributed by atoms with E-state index in [1.807, 2.05) is 26.2 Å². The van der Waals surface area contributed by atoms with Crippen LogP contribution < -0.4 is 25.4 Å². The summed E-state index contributed by atoms with van der Waals surface area (Å²) in [6.45, 7) is 10.9. The van der Waals surface area contributed by atoms with Crippen LogP contribution in [0.2, 0.25) is 5.02 Å². The number of aliphatic carboxylic acids is 1. The van der Waals surface area contributed by atoms with Crippen molar-refractivity contribution >= 4 is 62.8 Å². The number of nitrogens with zero attached hydrogens (tertiary/aromatic N) is 3. The number of fused-ring (bicyclic) bond motifs is 2. The first kappa shape index (κ1) is 41.6. The minimum Gasteiger partial charge on any atom is -0.495 e. The molecule has 1 aromatic carbocycles. The first-order valence-corrected chi connectivity index (χ1v) is 20.8. The molecule has 8 atom stereocenters. The third-order valence-corrected chi connectivity index (χ3v) is 12.9. The molecule has 1 aliphatic heterocycles. The fourth-order valence-electron chi connectivity index (χ4n) is 8.43. The summed E-state index contributed by atoms with van der Waals surface area (Å²) in [5, 5.41) is 22.1. The number of halogens is 3. The smallest absolute Gasteiger partial charge is 0.408 e. The van der Waals surface area contributed by atoms with Crippen LogP contribution in [0.1, 0.15) is 73.6 Å². The molecule has 4 fully saturated rings. The molecule has 58 heavy (non-hydrogen) atoms. The summed E-state index contributed by atoms with van der Waals surface area (Å²) in [5.74, 6) is -6.36. The normalized spacial score (nSPS) is 27.5. The zero-order valence-corrected chi connectivity index (χ0v) is 34.9. The van der Waals surface area contributed by atoms with Gasteiger partial charge in [-0.25, -0.2) is 28.3 Å². The lowest BCUT2D eigenvalue weighted by molar-refractivity contribution is -0.146. The number of anilines is 1. The number of amides is 3. The van der Waals surface area contributed by atoms with Gasteiger partial charge in [0.25, 0.3) is 5.92 Å². The van der Waals surface area contributed by atoms with Crippen LogP contribution in [-0.2, 0) is 19.1 Å². The van der Waals surface area contributed by atoms with Crippen molar-refractivity contribution in [3.8, 4) is 22.9 Å². The minimum atomic E-state index is -2.74. The third kappa shape index (κ3) is 7.83. The largest absolute Gasteiger partial charge is 0.495 e.